The molecule has 0 saturated carbocycles. The van der Waals surface area contributed by atoms with Crippen molar-refractivity contribution in [2.75, 3.05) is 11.9 Å². The van der Waals surface area contributed by atoms with E-state index in [0.717, 1.165) is 15.7 Å². The number of amides is 4. The maximum Gasteiger partial charge on any atom is 0.408 e. The van der Waals surface area contributed by atoms with Crippen molar-refractivity contribution in [3.63, 3.8) is 0 Å². The van der Waals surface area contributed by atoms with Crippen LogP contribution >= 0.6 is 0 Å². The van der Waals surface area contributed by atoms with Gasteiger partial charge in [-0.05, 0) is 60.9 Å². The third-order valence-electron chi connectivity index (χ3n) is 5.96. The van der Waals surface area contributed by atoms with Crippen molar-refractivity contribution in [2.45, 2.75) is 44.9 Å². The Bertz CT molecular complexity index is 1500. The first-order chi connectivity index (χ1) is 19.4. The average molecular weight is 556 g/mol. The highest BCUT2D eigenvalue weighted by molar-refractivity contribution is 6.01. The van der Waals surface area contributed by atoms with E-state index in [0.29, 0.717) is 16.8 Å². The summed E-state index contributed by atoms with van der Waals surface area (Å²) in [6, 6.07) is 18.9. The van der Waals surface area contributed by atoms with E-state index in [1.807, 2.05) is 36.4 Å². The molecule has 3 rings (SSSR count). The Balaban J connectivity index is 2.04. The largest absolute Gasteiger partial charge is 0.444 e. The molecule has 2 atom stereocenters. The van der Waals surface area contributed by atoms with Crippen LogP contribution in [-0.4, -0.2) is 46.9 Å². The Morgan fingerprint density at radius 3 is 2.39 bits per heavy atom. The van der Waals surface area contributed by atoms with E-state index < -0.39 is 54.5 Å². The van der Waals surface area contributed by atoms with Gasteiger partial charge in [0.2, 0.25) is 11.8 Å². The van der Waals surface area contributed by atoms with Crippen molar-refractivity contribution in [1.29, 1.82) is 5.26 Å². The van der Waals surface area contributed by atoms with Crippen LogP contribution in [0.4, 0.5) is 10.5 Å². The number of hydrogen-bond acceptors (Lipinski definition) is 6. The van der Waals surface area contributed by atoms with Crippen LogP contribution in [0.2, 0.25) is 0 Å². The number of nitriles is 1. The van der Waals surface area contributed by atoms with Crippen LogP contribution in [0.15, 0.2) is 73.3 Å². The predicted molar refractivity (Wildman–Crippen MR) is 156 cm³/mol. The molecule has 0 aliphatic heterocycles. The molecule has 4 N–H and O–H groups in total. The van der Waals surface area contributed by atoms with E-state index in [1.165, 1.54) is 0 Å². The van der Waals surface area contributed by atoms with E-state index in [-0.39, 0.29) is 0 Å². The minimum Gasteiger partial charge on any atom is -0.444 e. The van der Waals surface area contributed by atoms with Crippen LogP contribution in [0.3, 0.4) is 0 Å². The topological polar surface area (TPSA) is 155 Å². The number of nitrogens with two attached hydrogens (primary N) is 1. The SMILES string of the molecule is C=Cc1cccc(C(C(=O)Nc2ccc3ccccc3c2)N(CC#N)C(=O)C(CC(N)=O)NC(=O)OC(C)(C)C)c1. The molecule has 0 aromatic heterocycles. The lowest BCUT2D eigenvalue weighted by Gasteiger charge is -2.32. The Morgan fingerprint density at radius 2 is 1.76 bits per heavy atom. The molecule has 2 unspecified atom stereocenters. The zero-order chi connectivity index (χ0) is 30.2. The van der Waals surface area contributed by atoms with Gasteiger partial charge in [-0.1, -0.05) is 61.2 Å². The second kappa shape index (κ2) is 13.3. The molecule has 212 valence electrons. The fraction of sp³-hybridized carbons (Fsp3) is 0.258. The molecule has 0 saturated heterocycles. The standard InChI is InChI=1S/C31H33N5O5/c1-5-20-9-8-12-23(17-20)27(28(38)34-24-14-13-21-10-6-7-11-22(21)18-24)36(16-15-32)29(39)25(19-26(33)37)35-30(40)41-31(2,3)4/h5-14,17-18,25,27H,1,16,19H2,2-4H3,(H2,33,37)(H,34,38)(H,35,40). The average Bonchev–Trinajstić information content (AvgIpc) is 2.90. The summed E-state index contributed by atoms with van der Waals surface area (Å²) in [6.45, 7) is 8.15. The summed E-state index contributed by atoms with van der Waals surface area (Å²) in [6.07, 6.45) is 0.0454. The number of alkyl carbamates (subject to hydrolysis) is 1. The Hall–Kier alpha value is -5.17. The highest BCUT2D eigenvalue weighted by Crippen LogP contribution is 2.27. The van der Waals surface area contributed by atoms with Crippen molar-refractivity contribution in [1.82, 2.24) is 10.2 Å². The molecule has 3 aromatic carbocycles. The van der Waals surface area contributed by atoms with Gasteiger partial charge >= 0.3 is 6.09 Å². The van der Waals surface area contributed by atoms with Crippen molar-refractivity contribution in [3.8, 4) is 6.07 Å². The number of fused-ring (bicyclic) bond motifs is 1. The normalized spacial score (nSPS) is 12.3. The Kier molecular flexibility index (Phi) is 9.82. The predicted octanol–water partition coefficient (Wildman–Crippen LogP) is 4.28. The first-order valence-corrected chi connectivity index (χ1v) is 12.9. The van der Waals surface area contributed by atoms with Crippen molar-refractivity contribution in [3.05, 3.63) is 84.4 Å². The lowest BCUT2D eigenvalue weighted by atomic mass is 9.99. The van der Waals surface area contributed by atoms with E-state index in [1.54, 1.807) is 63.2 Å². The number of hydrogen-bond donors (Lipinski definition) is 3. The zero-order valence-electron chi connectivity index (χ0n) is 23.2. The second-order valence-corrected chi connectivity index (χ2v) is 10.3. The van der Waals surface area contributed by atoms with Crippen LogP contribution in [0.25, 0.3) is 16.8 Å². The van der Waals surface area contributed by atoms with E-state index in [4.69, 9.17) is 10.5 Å². The molecule has 0 radical (unpaired) electrons. The van der Waals surface area contributed by atoms with Gasteiger partial charge in [0, 0.05) is 5.69 Å². The quantitative estimate of drug-likeness (QED) is 0.317. The molecule has 0 aliphatic rings. The fourth-order valence-corrected chi connectivity index (χ4v) is 4.23. The number of anilines is 1. The lowest BCUT2D eigenvalue weighted by Crippen LogP contribution is -2.53. The molecule has 10 nitrogen and oxygen atoms in total. The summed E-state index contributed by atoms with van der Waals surface area (Å²) in [5, 5.41) is 16.8. The number of nitrogens with one attached hydrogen (secondary N) is 2. The molecule has 0 spiro atoms. The lowest BCUT2D eigenvalue weighted by molar-refractivity contribution is -0.141. The van der Waals surface area contributed by atoms with Gasteiger partial charge in [0.05, 0.1) is 12.5 Å². The Labute approximate surface area is 238 Å². The van der Waals surface area contributed by atoms with Gasteiger partial charge in [0.15, 0.2) is 0 Å². The highest BCUT2D eigenvalue weighted by Gasteiger charge is 2.37. The molecule has 3 aromatic rings. The zero-order valence-corrected chi connectivity index (χ0v) is 23.2. The van der Waals surface area contributed by atoms with Crippen molar-refractivity contribution in [2.24, 2.45) is 5.73 Å². The molecule has 10 heteroatoms. The molecule has 0 fully saturated rings. The minimum atomic E-state index is -1.49. The summed E-state index contributed by atoms with van der Waals surface area (Å²) >= 11 is 0. The first kappa shape index (κ1) is 30.4. The van der Waals surface area contributed by atoms with E-state index in [2.05, 4.69) is 17.2 Å². The van der Waals surface area contributed by atoms with Crippen LogP contribution in [0, 0.1) is 11.3 Å². The van der Waals surface area contributed by atoms with Crippen LogP contribution in [0.5, 0.6) is 0 Å². The number of carbonyl (C=O) groups is 4. The van der Waals surface area contributed by atoms with Gasteiger partial charge in [0.25, 0.3) is 5.91 Å². The Morgan fingerprint density at radius 1 is 1.05 bits per heavy atom. The fourth-order valence-electron chi connectivity index (χ4n) is 4.23. The van der Waals surface area contributed by atoms with Crippen molar-refractivity contribution < 1.29 is 23.9 Å². The molecule has 0 bridgehead atoms. The monoisotopic (exact) mass is 555 g/mol. The summed E-state index contributed by atoms with van der Waals surface area (Å²) in [5.41, 5.74) is 6.04. The van der Waals surface area contributed by atoms with Crippen LogP contribution < -0.4 is 16.4 Å². The van der Waals surface area contributed by atoms with Crippen LogP contribution in [0.1, 0.15) is 44.4 Å². The van der Waals surface area contributed by atoms with Gasteiger partial charge in [0.1, 0.15) is 24.2 Å². The van der Waals surface area contributed by atoms with Gasteiger partial charge in [-0.2, -0.15) is 5.26 Å². The first-order valence-electron chi connectivity index (χ1n) is 12.9. The minimum absolute atomic E-state index is 0.388. The number of primary amides is 1. The van der Waals surface area contributed by atoms with Gasteiger partial charge in [-0.3, -0.25) is 14.4 Å². The number of rotatable bonds is 10. The summed E-state index contributed by atoms with van der Waals surface area (Å²) in [4.78, 5) is 53.2. The third-order valence-corrected chi connectivity index (χ3v) is 5.96. The number of benzene rings is 3. The van der Waals surface area contributed by atoms with E-state index in [9.17, 15) is 24.4 Å². The molecule has 4 amide bonds. The smallest absolute Gasteiger partial charge is 0.408 e. The number of ether oxygens (including phenoxy) is 1. The maximum atomic E-state index is 13.9. The van der Waals surface area contributed by atoms with Crippen molar-refractivity contribution >= 4 is 46.4 Å². The third kappa shape index (κ3) is 8.41. The molecule has 41 heavy (non-hydrogen) atoms. The number of nitrogens with zero attached hydrogens (tertiary/aromatic N) is 2. The number of carbonyl (C=O) groups excluding carboxylic acids is 4. The second-order valence-electron chi connectivity index (χ2n) is 10.3. The molecular formula is C31H33N5O5. The van der Waals surface area contributed by atoms with Gasteiger partial charge in [-0.25, -0.2) is 4.79 Å². The van der Waals surface area contributed by atoms with Gasteiger partial charge in [-0.15, -0.1) is 0 Å². The highest BCUT2D eigenvalue weighted by atomic mass is 16.6. The molecular weight excluding hydrogens is 522 g/mol. The maximum absolute atomic E-state index is 13.9. The van der Waals surface area contributed by atoms with Gasteiger partial charge < -0.3 is 26.0 Å². The van der Waals surface area contributed by atoms with E-state index >= 15 is 0 Å². The molecule has 0 aliphatic carbocycles. The molecule has 0 heterocycles. The van der Waals surface area contributed by atoms with Crippen LogP contribution in [-0.2, 0) is 19.1 Å². The summed E-state index contributed by atoms with van der Waals surface area (Å²) in [5.74, 6) is -2.35. The summed E-state index contributed by atoms with van der Waals surface area (Å²) < 4.78 is 5.25. The summed E-state index contributed by atoms with van der Waals surface area (Å²) in [7, 11) is 0.